The van der Waals surface area contributed by atoms with Crippen LogP contribution in [0.1, 0.15) is 19.4 Å². The van der Waals surface area contributed by atoms with E-state index >= 15 is 0 Å². The van der Waals surface area contributed by atoms with Gasteiger partial charge in [0.2, 0.25) is 0 Å². The Morgan fingerprint density at radius 3 is 2.67 bits per heavy atom. The van der Waals surface area contributed by atoms with Crippen molar-refractivity contribution in [2.75, 3.05) is 11.9 Å². The first kappa shape index (κ1) is 17.5. The van der Waals surface area contributed by atoms with Crippen molar-refractivity contribution >= 4 is 18.1 Å². The van der Waals surface area contributed by atoms with Crippen LogP contribution >= 0.6 is 0 Å². The van der Waals surface area contributed by atoms with Crippen molar-refractivity contribution < 1.29 is 19.1 Å². The third kappa shape index (κ3) is 4.32. The van der Waals surface area contributed by atoms with Gasteiger partial charge in [-0.2, -0.15) is 0 Å². The monoisotopic (exact) mass is 328 g/mol. The molecule has 0 amide bonds. The van der Waals surface area contributed by atoms with E-state index < -0.39 is 11.5 Å². The van der Waals surface area contributed by atoms with Gasteiger partial charge in [0.05, 0.1) is 6.61 Å². The van der Waals surface area contributed by atoms with Gasteiger partial charge in [0.25, 0.3) is 0 Å². The lowest BCUT2D eigenvalue weighted by atomic mass is 10.1. The first-order chi connectivity index (χ1) is 11.6. The zero-order chi connectivity index (χ0) is 17.4. The topological polar surface area (TPSA) is 77.5 Å². The van der Waals surface area contributed by atoms with Crippen molar-refractivity contribution in [1.29, 1.82) is 0 Å². The van der Waals surface area contributed by atoms with E-state index in [1.165, 1.54) is 6.92 Å². The van der Waals surface area contributed by atoms with Gasteiger partial charge in [-0.05, 0) is 31.5 Å². The largest absolute Gasteiger partial charge is 0.485 e. The minimum absolute atomic E-state index is 0.184. The molecule has 24 heavy (non-hydrogen) atoms. The summed E-state index contributed by atoms with van der Waals surface area (Å²) in [6.45, 7) is 3.65. The molecule has 2 aromatic rings. The molecule has 1 heterocycles. The lowest BCUT2D eigenvalue weighted by Crippen LogP contribution is -2.46. The Morgan fingerprint density at radius 2 is 2.00 bits per heavy atom. The second kappa shape index (κ2) is 8.10. The zero-order valence-corrected chi connectivity index (χ0v) is 13.7. The summed E-state index contributed by atoms with van der Waals surface area (Å²) in [5.41, 5.74) is -0.536. The molecular weight excluding hydrogens is 308 g/mol. The van der Waals surface area contributed by atoms with Crippen molar-refractivity contribution in [3.8, 4) is 5.75 Å². The molecule has 0 unspecified atom stereocenters. The van der Waals surface area contributed by atoms with Gasteiger partial charge in [-0.3, -0.25) is 0 Å². The second-order valence-corrected chi connectivity index (χ2v) is 5.29. The number of aromatic nitrogens is 1. The molecule has 0 radical (unpaired) electrons. The molecule has 6 nitrogen and oxygen atoms in total. The first-order valence-corrected chi connectivity index (χ1v) is 7.62. The number of hydrogen-bond donors (Lipinski definition) is 1. The normalized spacial score (nSPS) is 12.8. The molecule has 2 rings (SSSR count). The number of esters is 1. The molecule has 0 saturated heterocycles. The van der Waals surface area contributed by atoms with E-state index in [4.69, 9.17) is 9.47 Å². The second-order valence-electron chi connectivity index (χ2n) is 5.29. The van der Waals surface area contributed by atoms with Crippen LogP contribution in [0, 0.1) is 0 Å². The van der Waals surface area contributed by atoms with E-state index in [9.17, 15) is 9.59 Å². The van der Waals surface area contributed by atoms with Crippen molar-refractivity contribution in [2.24, 2.45) is 0 Å². The fraction of sp³-hybridized carbons (Fsp3) is 0.278. The third-order valence-electron chi connectivity index (χ3n) is 3.32. The molecule has 0 bridgehead atoms. The van der Waals surface area contributed by atoms with Crippen molar-refractivity contribution in [1.82, 2.24) is 4.98 Å². The number of nitrogens with one attached hydrogen (secondary N) is 1. The lowest BCUT2D eigenvalue weighted by molar-refractivity contribution is -0.149. The van der Waals surface area contributed by atoms with Gasteiger partial charge < -0.3 is 19.6 Å². The maximum absolute atomic E-state index is 12.0. The van der Waals surface area contributed by atoms with Crippen LogP contribution in [0.3, 0.4) is 0 Å². The summed E-state index contributed by atoms with van der Waals surface area (Å²) in [7, 11) is 0. The Bertz CT molecular complexity index is 690. The maximum atomic E-state index is 12.0. The van der Waals surface area contributed by atoms with Gasteiger partial charge >= 0.3 is 5.97 Å². The molecule has 0 aliphatic carbocycles. The van der Waals surface area contributed by atoms with Gasteiger partial charge in [-0.1, -0.05) is 30.3 Å². The van der Waals surface area contributed by atoms with E-state index in [-0.39, 0.29) is 6.61 Å². The highest BCUT2D eigenvalue weighted by Crippen LogP contribution is 2.25. The smallest absolute Gasteiger partial charge is 0.339 e. The minimum atomic E-state index is -1.53. The summed E-state index contributed by atoms with van der Waals surface area (Å²) in [4.78, 5) is 27.6. The van der Waals surface area contributed by atoms with Crippen LogP contribution in [0.5, 0.6) is 5.75 Å². The lowest BCUT2D eigenvalue weighted by Gasteiger charge is -2.24. The Hall–Kier alpha value is -2.89. The zero-order valence-electron chi connectivity index (χ0n) is 13.7. The summed E-state index contributed by atoms with van der Waals surface area (Å²) in [5.74, 6) is 0.0782. The third-order valence-corrected chi connectivity index (χ3v) is 3.32. The molecule has 0 fully saturated rings. The van der Waals surface area contributed by atoms with Crippen LogP contribution < -0.4 is 10.1 Å². The fourth-order valence-corrected chi connectivity index (χ4v) is 1.99. The number of benzene rings is 1. The molecule has 1 aromatic heterocycles. The van der Waals surface area contributed by atoms with Crippen molar-refractivity contribution in [3.05, 3.63) is 54.2 Å². The van der Waals surface area contributed by atoms with Crippen LogP contribution in [0.25, 0.3) is 0 Å². The number of pyridine rings is 1. The van der Waals surface area contributed by atoms with Gasteiger partial charge in [-0.25, -0.2) is 9.78 Å². The van der Waals surface area contributed by atoms with Gasteiger partial charge in [-0.15, -0.1) is 0 Å². The highest BCUT2D eigenvalue weighted by atomic mass is 16.5. The number of ether oxygens (including phenoxy) is 2. The molecular formula is C18H20N2O4. The number of carbonyl (C=O) groups is 2. The van der Waals surface area contributed by atoms with Crippen LogP contribution in [0.4, 0.5) is 5.82 Å². The van der Waals surface area contributed by atoms with Crippen molar-refractivity contribution in [3.63, 3.8) is 0 Å². The number of nitrogens with zero attached hydrogens (tertiary/aromatic N) is 1. The highest BCUT2D eigenvalue weighted by molar-refractivity contribution is 6.01. The molecule has 1 atom stereocenters. The number of carbonyl (C=O) groups excluding carboxylic acids is 2. The number of aldehydes is 1. The predicted molar refractivity (Wildman–Crippen MR) is 89.7 cm³/mol. The molecule has 0 aliphatic heterocycles. The Kier molecular flexibility index (Phi) is 5.89. The Morgan fingerprint density at radius 1 is 1.25 bits per heavy atom. The van der Waals surface area contributed by atoms with Crippen LogP contribution in [-0.2, 0) is 20.9 Å². The molecule has 126 valence electrons. The van der Waals surface area contributed by atoms with E-state index in [1.54, 1.807) is 25.3 Å². The van der Waals surface area contributed by atoms with Gasteiger partial charge in [0.15, 0.2) is 23.4 Å². The van der Waals surface area contributed by atoms with Gasteiger partial charge in [0.1, 0.15) is 6.61 Å². The average molecular weight is 328 g/mol. The standard InChI is InChI=1S/C18H20N2O4/c1-3-23-17(22)18(2,13-21)20-16-15(10-7-11-19-16)24-12-14-8-5-4-6-9-14/h4-11,13H,3,12H2,1-2H3,(H,19,20)/t18-/m1/s1. The van der Waals surface area contributed by atoms with Crippen LogP contribution in [0.2, 0.25) is 0 Å². The summed E-state index contributed by atoms with van der Waals surface area (Å²) in [6, 6.07) is 13.1. The summed E-state index contributed by atoms with van der Waals surface area (Å²) < 4.78 is 10.7. The molecule has 0 saturated carbocycles. The fourth-order valence-electron chi connectivity index (χ4n) is 1.99. The van der Waals surface area contributed by atoms with Crippen LogP contribution in [-0.4, -0.2) is 29.4 Å². The van der Waals surface area contributed by atoms with E-state index in [1.807, 2.05) is 30.3 Å². The van der Waals surface area contributed by atoms with E-state index in [0.717, 1.165) is 5.56 Å². The molecule has 6 heteroatoms. The molecule has 1 N–H and O–H groups in total. The quantitative estimate of drug-likeness (QED) is 0.456. The number of anilines is 1. The average Bonchev–Trinajstić information content (AvgIpc) is 2.62. The highest BCUT2D eigenvalue weighted by Gasteiger charge is 2.35. The van der Waals surface area contributed by atoms with E-state index in [0.29, 0.717) is 24.5 Å². The van der Waals surface area contributed by atoms with Gasteiger partial charge in [0, 0.05) is 6.20 Å². The Balaban J connectivity index is 2.15. The summed E-state index contributed by atoms with van der Waals surface area (Å²) >= 11 is 0. The summed E-state index contributed by atoms with van der Waals surface area (Å²) in [6.07, 6.45) is 2.05. The van der Waals surface area contributed by atoms with E-state index in [2.05, 4.69) is 10.3 Å². The first-order valence-electron chi connectivity index (χ1n) is 7.62. The maximum Gasteiger partial charge on any atom is 0.339 e. The molecule has 0 aliphatic rings. The number of hydrogen-bond acceptors (Lipinski definition) is 6. The predicted octanol–water partition coefficient (Wildman–Crippen LogP) is 2.59. The SMILES string of the molecule is CCOC(=O)[C@@](C)(C=O)Nc1ncccc1OCc1ccccc1. The summed E-state index contributed by atoms with van der Waals surface area (Å²) in [5, 5.41) is 2.82. The van der Waals surface area contributed by atoms with Crippen LogP contribution in [0.15, 0.2) is 48.7 Å². The van der Waals surface area contributed by atoms with Crippen molar-refractivity contribution in [2.45, 2.75) is 26.0 Å². The molecule has 0 spiro atoms. The number of rotatable bonds is 8. The minimum Gasteiger partial charge on any atom is -0.485 e. The Labute approximate surface area is 140 Å². The molecule has 1 aromatic carbocycles.